The molecule has 0 aliphatic heterocycles. The minimum atomic E-state index is 0.591. The van der Waals surface area contributed by atoms with Crippen LogP contribution in [0.4, 0.5) is 0 Å². The Morgan fingerprint density at radius 1 is 1.00 bits per heavy atom. The molecule has 8 nitrogen and oxygen atoms in total. The predicted molar refractivity (Wildman–Crippen MR) is 109 cm³/mol. The molecule has 1 N–H and O–H groups in total. The Morgan fingerprint density at radius 2 is 1.79 bits per heavy atom. The minimum Gasteiger partial charge on any atom is -0.263 e. The van der Waals surface area contributed by atoms with Crippen LogP contribution < -0.4 is 0 Å². The third-order valence-corrected chi connectivity index (χ3v) is 5.05. The Balaban J connectivity index is 1.48. The van der Waals surface area contributed by atoms with E-state index in [-0.39, 0.29) is 0 Å². The Bertz CT molecular complexity index is 1260. The molecule has 0 saturated heterocycles. The zero-order valence-electron chi connectivity index (χ0n) is 16.2. The molecule has 3 heterocycles. The first kappa shape index (κ1) is 17.3. The van der Waals surface area contributed by atoms with Gasteiger partial charge in [0.2, 0.25) is 5.82 Å². The van der Waals surface area contributed by atoms with E-state index in [1.165, 1.54) is 11.3 Å². The lowest BCUT2D eigenvalue weighted by Crippen LogP contribution is -2.11. The quantitative estimate of drug-likeness (QED) is 0.502. The van der Waals surface area contributed by atoms with Crippen molar-refractivity contribution >= 4 is 5.65 Å². The van der Waals surface area contributed by atoms with E-state index in [4.69, 9.17) is 0 Å². The van der Waals surface area contributed by atoms with Gasteiger partial charge in [-0.05, 0) is 35.2 Å². The average Bonchev–Trinajstić information content (AvgIpc) is 3.46. The normalized spacial score (nSPS) is 11.4. The number of hydrogen-bond donors (Lipinski definition) is 1. The summed E-state index contributed by atoms with van der Waals surface area (Å²) in [5.41, 5.74) is 6.44. The zero-order valence-corrected chi connectivity index (χ0v) is 16.2. The van der Waals surface area contributed by atoms with E-state index in [1.807, 2.05) is 29.8 Å². The molecule has 2 aromatic carbocycles. The standard InChI is InChI=1S/C21H20N8/c1-3-17-12-20-22-14(2)25-29(20)28(17)13-15-8-10-16(11-9-15)18-6-4-5-7-19(18)21-23-26-27-24-21/h4-12H,3,13H2,1-2H3,(H,23,24,26,27). The van der Waals surface area contributed by atoms with Gasteiger partial charge in [0, 0.05) is 17.3 Å². The van der Waals surface area contributed by atoms with Gasteiger partial charge in [-0.3, -0.25) is 4.68 Å². The molecule has 0 bridgehead atoms. The molecule has 5 rings (SSSR count). The largest absolute Gasteiger partial charge is 0.263 e. The van der Waals surface area contributed by atoms with Crippen molar-refractivity contribution in [2.45, 2.75) is 26.8 Å². The molecular weight excluding hydrogens is 364 g/mol. The highest BCUT2D eigenvalue weighted by molar-refractivity contribution is 5.80. The lowest BCUT2D eigenvalue weighted by Gasteiger charge is -2.11. The van der Waals surface area contributed by atoms with Crippen molar-refractivity contribution in [2.24, 2.45) is 0 Å². The van der Waals surface area contributed by atoms with Crippen LogP contribution in [0.5, 0.6) is 0 Å². The molecule has 0 atom stereocenters. The Morgan fingerprint density at radius 3 is 2.52 bits per heavy atom. The van der Waals surface area contributed by atoms with Crippen LogP contribution in [-0.2, 0) is 13.0 Å². The first-order valence-corrected chi connectivity index (χ1v) is 9.57. The summed E-state index contributed by atoms with van der Waals surface area (Å²) in [6.45, 7) is 4.80. The number of tetrazole rings is 1. The van der Waals surface area contributed by atoms with Crippen molar-refractivity contribution in [2.75, 3.05) is 0 Å². The van der Waals surface area contributed by atoms with Gasteiger partial charge < -0.3 is 0 Å². The first-order chi connectivity index (χ1) is 14.2. The summed E-state index contributed by atoms with van der Waals surface area (Å²) in [6.07, 6.45) is 0.931. The number of nitrogens with zero attached hydrogens (tertiary/aromatic N) is 7. The van der Waals surface area contributed by atoms with Crippen molar-refractivity contribution in [1.29, 1.82) is 0 Å². The lowest BCUT2D eigenvalue weighted by atomic mass is 9.98. The van der Waals surface area contributed by atoms with Crippen LogP contribution >= 0.6 is 0 Å². The molecular formula is C21H20N8. The summed E-state index contributed by atoms with van der Waals surface area (Å²) in [4.78, 5) is 4.48. The maximum Gasteiger partial charge on any atom is 0.205 e. The second kappa shape index (κ2) is 6.97. The highest BCUT2D eigenvalue weighted by atomic mass is 15.5. The molecule has 0 fully saturated rings. The molecule has 3 aromatic heterocycles. The zero-order chi connectivity index (χ0) is 19.8. The van der Waals surface area contributed by atoms with Crippen molar-refractivity contribution in [1.82, 2.24) is 40.0 Å². The molecule has 0 spiro atoms. The Kier molecular flexibility index (Phi) is 4.16. The van der Waals surface area contributed by atoms with E-state index in [0.29, 0.717) is 5.82 Å². The summed E-state index contributed by atoms with van der Waals surface area (Å²) >= 11 is 0. The number of benzene rings is 2. The predicted octanol–water partition coefficient (Wildman–Crippen LogP) is 3.30. The van der Waals surface area contributed by atoms with E-state index in [2.05, 4.69) is 78.7 Å². The molecule has 0 aliphatic rings. The van der Waals surface area contributed by atoms with Crippen LogP contribution in [-0.4, -0.2) is 40.0 Å². The number of aromatic nitrogens is 8. The third kappa shape index (κ3) is 3.08. The Hall–Kier alpha value is -3.81. The van der Waals surface area contributed by atoms with Crippen LogP contribution in [0.15, 0.2) is 54.6 Å². The van der Waals surface area contributed by atoms with Gasteiger partial charge in [-0.15, -0.1) is 15.3 Å². The maximum atomic E-state index is 4.53. The molecule has 0 saturated carbocycles. The molecule has 0 radical (unpaired) electrons. The van der Waals surface area contributed by atoms with E-state index in [1.54, 1.807) is 0 Å². The van der Waals surface area contributed by atoms with Crippen molar-refractivity contribution in [3.63, 3.8) is 0 Å². The molecule has 29 heavy (non-hydrogen) atoms. The lowest BCUT2D eigenvalue weighted by molar-refractivity contribution is 0.558. The molecule has 144 valence electrons. The van der Waals surface area contributed by atoms with Crippen molar-refractivity contribution in [3.8, 4) is 22.5 Å². The molecule has 0 aliphatic carbocycles. The highest BCUT2D eigenvalue weighted by Crippen LogP contribution is 2.29. The van der Waals surface area contributed by atoms with Crippen LogP contribution in [0.2, 0.25) is 0 Å². The number of fused-ring (bicyclic) bond motifs is 1. The number of rotatable bonds is 5. The summed E-state index contributed by atoms with van der Waals surface area (Å²) in [7, 11) is 0. The summed E-state index contributed by atoms with van der Waals surface area (Å²) in [5, 5.41) is 19.0. The monoisotopic (exact) mass is 384 g/mol. The number of aryl methyl sites for hydroxylation is 2. The number of aromatic amines is 1. The van der Waals surface area contributed by atoms with Gasteiger partial charge in [0.1, 0.15) is 5.82 Å². The first-order valence-electron chi connectivity index (χ1n) is 9.57. The molecule has 0 amide bonds. The van der Waals surface area contributed by atoms with Gasteiger partial charge in [0.25, 0.3) is 0 Å². The van der Waals surface area contributed by atoms with Gasteiger partial charge in [-0.1, -0.05) is 55.5 Å². The van der Waals surface area contributed by atoms with Crippen LogP contribution in [0.3, 0.4) is 0 Å². The second-order valence-corrected chi connectivity index (χ2v) is 6.93. The fourth-order valence-electron chi connectivity index (χ4n) is 3.66. The summed E-state index contributed by atoms with van der Waals surface area (Å²) in [6, 6.07) is 18.7. The SMILES string of the molecule is CCc1cc2nc(C)nn2n1Cc1ccc(-c2ccccc2-c2nn[nH]n2)cc1. The van der Waals surface area contributed by atoms with Crippen LogP contribution in [0.1, 0.15) is 24.0 Å². The van der Waals surface area contributed by atoms with E-state index < -0.39 is 0 Å². The fourth-order valence-corrected chi connectivity index (χ4v) is 3.66. The number of hydrogen-bond acceptors (Lipinski definition) is 5. The highest BCUT2D eigenvalue weighted by Gasteiger charge is 2.13. The number of nitrogens with one attached hydrogen (secondary N) is 1. The van der Waals surface area contributed by atoms with Gasteiger partial charge >= 0.3 is 0 Å². The smallest absolute Gasteiger partial charge is 0.205 e. The molecule has 0 unspecified atom stereocenters. The van der Waals surface area contributed by atoms with Crippen molar-refractivity contribution in [3.05, 3.63) is 71.7 Å². The van der Waals surface area contributed by atoms with Gasteiger partial charge in [-0.2, -0.15) is 9.84 Å². The van der Waals surface area contributed by atoms with Gasteiger partial charge in [0.05, 0.1) is 6.54 Å². The summed E-state index contributed by atoms with van der Waals surface area (Å²) < 4.78 is 4.07. The van der Waals surface area contributed by atoms with Crippen molar-refractivity contribution < 1.29 is 0 Å². The molecule has 5 aromatic rings. The van der Waals surface area contributed by atoms with Crippen LogP contribution in [0.25, 0.3) is 28.2 Å². The van der Waals surface area contributed by atoms with E-state index >= 15 is 0 Å². The topological polar surface area (TPSA) is 89.6 Å². The second-order valence-electron chi connectivity index (χ2n) is 6.93. The maximum absolute atomic E-state index is 4.53. The van der Waals surface area contributed by atoms with Crippen LogP contribution in [0, 0.1) is 6.92 Å². The van der Waals surface area contributed by atoms with Gasteiger partial charge in [-0.25, -0.2) is 4.98 Å². The fraction of sp³-hybridized carbons (Fsp3) is 0.190. The van der Waals surface area contributed by atoms with Gasteiger partial charge in [0.15, 0.2) is 5.65 Å². The number of H-pyrrole nitrogens is 1. The minimum absolute atomic E-state index is 0.591. The summed E-state index contributed by atoms with van der Waals surface area (Å²) in [5.74, 6) is 1.37. The van der Waals surface area contributed by atoms with E-state index in [0.717, 1.165) is 41.1 Å². The average molecular weight is 384 g/mol. The third-order valence-electron chi connectivity index (χ3n) is 5.05. The molecule has 8 heteroatoms. The van der Waals surface area contributed by atoms with E-state index in [9.17, 15) is 0 Å². The Labute approximate surface area is 167 Å².